The number of aryl methyl sites for hydroxylation is 1. The maximum atomic E-state index is 13.0. The fraction of sp³-hybridized carbons (Fsp3) is 0.280. The second-order valence-corrected chi connectivity index (χ2v) is 9.52. The number of carbonyl (C=O) groups excluding carboxylic acids is 1. The normalized spacial score (nSPS) is 12.1. The van der Waals surface area contributed by atoms with Crippen LogP contribution in [0.15, 0.2) is 70.6 Å². The van der Waals surface area contributed by atoms with Gasteiger partial charge in [0.25, 0.3) is 5.56 Å². The van der Waals surface area contributed by atoms with Gasteiger partial charge in [0, 0.05) is 18.2 Å². The number of hydrogen-bond donors (Lipinski definition) is 1. The molecule has 0 unspecified atom stereocenters. The summed E-state index contributed by atoms with van der Waals surface area (Å²) in [5.41, 5.74) is 3.38. The van der Waals surface area contributed by atoms with Crippen molar-refractivity contribution >= 4 is 39.4 Å². The van der Waals surface area contributed by atoms with Crippen LogP contribution in [-0.2, 0) is 17.8 Å². The molecule has 2 aromatic carbocycles. The molecule has 0 saturated carbocycles. The SMILES string of the molecule is CCn1c(SCC(=O)N[C@@H](C)CCc2ccccc2)nc2c(-c3ccccc3)nsc2c1=O. The highest BCUT2D eigenvalue weighted by Crippen LogP contribution is 2.29. The van der Waals surface area contributed by atoms with Crippen LogP contribution in [-0.4, -0.2) is 31.6 Å². The van der Waals surface area contributed by atoms with Gasteiger partial charge in [0.2, 0.25) is 5.91 Å². The molecule has 2 heterocycles. The number of amides is 1. The minimum absolute atomic E-state index is 0.0628. The molecule has 0 aliphatic heterocycles. The van der Waals surface area contributed by atoms with Gasteiger partial charge < -0.3 is 5.32 Å². The van der Waals surface area contributed by atoms with Crippen molar-refractivity contribution < 1.29 is 4.79 Å². The number of nitrogens with zero attached hydrogens (tertiary/aromatic N) is 3. The average Bonchev–Trinajstić information content (AvgIpc) is 3.27. The van der Waals surface area contributed by atoms with Crippen LogP contribution in [0, 0.1) is 0 Å². The zero-order valence-corrected chi connectivity index (χ0v) is 20.3. The molecule has 4 rings (SSSR count). The van der Waals surface area contributed by atoms with Gasteiger partial charge in [0.15, 0.2) is 5.16 Å². The number of rotatable bonds is 9. The summed E-state index contributed by atoms with van der Waals surface area (Å²) in [4.78, 5) is 30.4. The van der Waals surface area contributed by atoms with E-state index in [9.17, 15) is 9.59 Å². The molecule has 0 saturated heterocycles. The van der Waals surface area contributed by atoms with Crippen LogP contribution >= 0.6 is 23.3 Å². The quantitative estimate of drug-likeness (QED) is 0.277. The average molecular weight is 479 g/mol. The van der Waals surface area contributed by atoms with Crippen molar-refractivity contribution in [1.82, 2.24) is 19.2 Å². The van der Waals surface area contributed by atoms with E-state index in [1.807, 2.05) is 62.4 Å². The van der Waals surface area contributed by atoms with Gasteiger partial charge in [-0.15, -0.1) is 0 Å². The fourth-order valence-corrected chi connectivity index (χ4v) is 5.27. The van der Waals surface area contributed by atoms with E-state index < -0.39 is 0 Å². The third-order valence-electron chi connectivity index (χ3n) is 5.36. The lowest BCUT2D eigenvalue weighted by atomic mass is 10.1. The van der Waals surface area contributed by atoms with Crippen molar-refractivity contribution in [3.05, 3.63) is 76.6 Å². The summed E-state index contributed by atoms with van der Waals surface area (Å²) in [5, 5.41) is 3.60. The van der Waals surface area contributed by atoms with Crippen molar-refractivity contribution in [2.24, 2.45) is 0 Å². The van der Waals surface area contributed by atoms with Gasteiger partial charge in [-0.2, -0.15) is 4.37 Å². The van der Waals surface area contributed by atoms with Crippen LogP contribution in [0.3, 0.4) is 0 Å². The first kappa shape index (κ1) is 23.2. The van der Waals surface area contributed by atoms with E-state index in [1.54, 1.807) is 4.57 Å². The molecule has 0 radical (unpaired) electrons. The third-order valence-corrected chi connectivity index (χ3v) is 7.16. The molecule has 6 nitrogen and oxygen atoms in total. The zero-order chi connectivity index (χ0) is 23.2. The molecule has 4 aromatic rings. The van der Waals surface area contributed by atoms with Crippen molar-refractivity contribution in [1.29, 1.82) is 0 Å². The Labute approximate surface area is 201 Å². The van der Waals surface area contributed by atoms with Gasteiger partial charge in [-0.3, -0.25) is 14.2 Å². The maximum Gasteiger partial charge on any atom is 0.273 e. The lowest BCUT2D eigenvalue weighted by molar-refractivity contribution is -0.119. The zero-order valence-electron chi connectivity index (χ0n) is 18.7. The van der Waals surface area contributed by atoms with Gasteiger partial charge >= 0.3 is 0 Å². The van der Waals surface area contributed by atoms with Crippen molar-refractivity contribution in [2.45, 2.75) is 44.4 Å². The molecule has 1 amide bonds. The molecular weight excluding hydrogens is 452 g/mol. The molecule has 33 heavy (non-hydrogen) atoms. The first-order valence-corrected chi connectivity index (χ1v) is 12.7. The van der Waals surface area contributed by atoms with E-state index in [2.05, 4.69) is 21.8 Å². The first-order valence-electron chi connectivity index (χ1n) is 11.0. The second-order valence-electron chi connectivity index (χ2n) is 7.80. The Morgan fingerprint density at radius 3 is 2.52 bits per heavy atom. The maximum absolute atomic E-state index is 13.0. The predicted molar refractivity (Wildman–Crippen MR) is 136 cm³/mol. The molecule has 2 aromatic heterocycles. The summed E-state index contributed by atoms with van der Waals surface area (Å²) in [6.45, 7) is 4.41. The number of benzene rings is 2. The van der Waals surface area contributed by atoms with Gasteiger partial charge in [-0.05, 0) is 43.8 Å². The number of hydrogen-bond acceptors (Lipinski definition) is 6. The Morgan fingerprint density at radius 1 is 1.12 bits per heavy atom. The molecule has 0 aliphatic carbocycles. The second kappa shape index (κ2) is 10.8. The van der Waals surface area contributed by atoms with Crippen LogP contribution < -0.4 is 10.9 Å². The number of carbonyl (C=O) groups is 1. The lowest BCUT2D eigenvalue weighted by Crippen LogP contribution is -2.34. The van der Waals surface area contributed by atoms with Gasteiger partial charge in [-0.25, -0.2) is 4.98 Å². The van der Waals surface area contributed by atoms with Crippen molar-refractivity contribution in [3.8, 4) is 11.3 Å². The van der Waals surface area contributed by atoms with Gasteiger partial charge in [0.05, 0.1) is 5.75 Å². The Hall–Kier alpha value is -2.97. The molecule has 170 valence electrons. The molecule has 0 bridgehead atoms. The summed E-state index contributed by atoms with van der Waals surface area (Å²) in [5.74, 6) is 0.135. The van der Waals surface area contributed by atoms with E-state index in [0.29, 0.717) is 27.6 Å². The smallest absolute Gasteiger partial charge is 0.273 e. The summed E-state index contributed by atoms with van der Waals surface area (Å²) in [6.07, 6.45) is 1.78. The van der Waals surface area contributed by atoms with E-state index in [1.165, 1.54) is 28.9 Å². The minimum Gasteiger partial charge on any atom is -0.353 e. The van der Waals surface area contributed by atoms with Crippen LogP contribution in [0.2, 0.25) is 0 Å². The largest absolute Gasteiger partial charge is 0.353 e. The van der Waals surface area contributed by atoms with Gasteiger partial charge in [-0.1, -0.05) is 72.4 Å². The molecule has 0 aliphatic rings. The lowest BCUT2D eigenvalue weighted by Gasteiger charge is -2.14. The first-order chi connectivity index (χ1) is 16.1. The third kappa shape index (κ3) is 5.51. The molecule has 0 spiro atoms. The van der Waals surface area contributed by atoms with Crippen LogP contribution in [0.1, 0.15) is 25.8 Å². The highest BCUT2D eigenvalue weighted by molar-refractivity contribution is 7.99. The Kier molecular flexibility index (Phi) is 7.57. The monoisotopic (exact) mass is 478 g/mol. The summed E-state index contributed by atoms with van der Waals surface area (Å²) in [7, 11) is 0. The van der Waals surface area contributed by atoms with E-state index >= 15 is 0 Å². The Bertz CT molecular complexity index is 1290. The summed E-state index contributed by atoms with van der Waals surface area (Å²) in [6, 6.07) is 20.0. The number of thioether (sulfide) groups is 1. The van der Waals surface area contributed by atoms with Crippen LogP contribution in [0.25, 0.3) is 21.5 Å². The molecule has 8 heteroatoms. The molecule has 0 fully saturated rings. The fourth-order valence-electron chi connectivity index (χ4n) is 3.62. The highest BCUT2D eigenvalue weighted by Gasteiger charge is 2.18. The topological polar surface area (TPSA) is 76.9 Å². The highest BCUT2D eigenvalue weighted by atomic mass is 32.2. The number of fused-ring (bicyclic) bond motifs is 1. The van der Waals surface area contributed by atoms with Gasteiger partial charge in [0.1, 0.15) is 15.9 Å². The minimum atomic E-state index is -0.110. The standard InChI is InChI=1S/C25H26N4O2S2/c1-3-29-24(31)23-22(21(28-33-23)19-12-8-5-9-13-19)27-25(29)32-16-20(30)26-17(2)14-15-18-10-6-4-7-11-18/h4-13,17H,3,14-16H2,1-2H3,(H,26,30)/t17-/m0/s1. The van der Waals surface area contributed by atoms with Crippen molar-refractivity contribution in [2.75, 3.05) is 5.75 Å². The number of nitrogens with one attached hydrogen (secondary N) is 1. The van der Waals surface area contributed by atoms with Crippen molar-refractivity contribution in [3.63, 3.8) is 0 Å². The predicted octanol–water partition coefficient (Wildman–Crippen LogP) is 4.77. The van der Waals surface area contributed by atoms with Crippen LogP contribution in [0.5, 0.6) is 0 Å². The molecular formula is C25H26N4O2S2. The van der Waals surface area contributed by atoms with Crippen LogP contribution in [0.4, 0.5) is 0 Å². The Balaban J connectivity index is 1.46. The van der Waals surface area contributed by atoms with E-state index in [-0.39, 0.29) is 23.3 Å². The summed E-state index contributed by atoms with van der Waals surface area (Å²) < 4.78 is 6.66. The van der Waals surface area contributed by atoms with E-state index in [0.717, 1.165) is 18.4 Å². The molecule has 1 atom stereocenters. The summed E-state index contributed by atoms with van der Waals surface area (Å²) >= 11 is 2.46. The Morgan fingerprint density at radius 2 is 1.82 bits per heavy atom. The number of aromatic nitrogens is 3. The molecule has 1 N–H and O–H groups in total. The van der Waals surface area contributed by atoms with E-state index in [4.69, 9.17) is 4.98 Å².